The van der Waals surface area contributed by atoms with Gasteiger partial charge in [-0.3, -0.25) is 0 Å². The molecule has 0 saturated heterocycles. The van der Waals surface area contributed by atoms with E-state index in [9.17, 15) is 18.3 Å². The normalized spacial score (nSPS) is 19.4. The standard InChI is InChI=1S/C25H22BrNO4S/c1-17-10-12-18(13-11-17)23-15-14-22(25(28)29)24(19-6-5-7-20(26)16-19)27(23)32(30,31)21-8-3-2-4-9-21/h2-14,16,23-24H,15H2,1H3,(H,28,29)/t23-,24-/m0/s1. The van der Waals surface area contributed by atoms with Crippen molar-refractivity contribution in [3.8, 4) is 0 Å². The number of sulfonamides is 1. The van der Waals surface area contributed by atoms with Crippen molar-refractivity contribution in [2.75, 3.05) is 0 Å². The Morgan fingerprint density at radius 1 is 0.969 bits per heavy atom. The Morgan fingerprint density at radius 2 is 1.66 bits per heavy atom. The smallest absolute Gasteiger partial charge is 0.333 e. The van der Waals surface area contributed by atoms with Crippen LogP contribution in [-0.2, 0) is 14.8 Å². The Labute approximate surface area is 196 Å². The number of aliphatic carboxylic acids is 1. The minimum absolute atomic E-state index is 0.0472. The summed E-state index contributed by atoms with van der Waals surface area (Å²) in [6.45, 7) is 1.97. The van der Waals surface area contributed by atoms with Gasteiger partial charge in [0.15, 0.2) is 0 Å². The molecule has 1 N–H and O–H groups in total. The first-order valence-corrected chi connectivity index (χ1v) is 12.4. The van der Waals surface area contributed by atoms with Crippen molar-refractivity contribution >= 4 is 31.9 Å². The monoisotopic (exact) mass is 511 g/mol. The van der Waals surface area contributed by atoms with Crippen molar-refractivity contribution in [1.82, 2.24) is 4.31 Å². The van der Waals surface area contributed by atoms with Crippen LogP contribution in [0.25, 0.3) is 0 Å². The van der Waals surface area contributed by atoms with Crippen molar-refractivity contribution in [2.24, 2.45) is 0 Å². The molecular formula is C25H22BrNO4S. The Kier molecular flexibility index (Phi) is 6.33. The molecule has 0 fully saturated rings. The summed E-state index contributed by atoms with van der Waals surface area (Å²) in [6.07, 6.45) is 1.91. The molecule has 0 aromatic heterocycles. The summed E-state index contributed by atoms with van der Waals surface area (Å²) in [6, 6.07) is 21.5. The predicted molar refractivity (Wildman–Crippen MR) is 127 cm³/mol. The molecule has 4 rings (SSSR count). The molecule has 32 heavy (non-hydrogen) atoms. The van der Waals surface area contributed by atoms with Crippen LogP contribution in [0.1, 0.15) is 35.2 Å². The zero-order valence-electron chi connectivity index (χ0n) is 17.4. The molecule has 164 valence electrons. The second kappa shape index (κ2) is 9.02. The van der Waals surface area contributed by atoms with Crippen LogP contribution >= 0.6 is 15.9 Å². The average molecular weight is 512 g/mol. The number of halogens is 1. The molecule has 0 radical (unpaired) electrons. The van der Waals surface area contributed by atoms with Gasteiger partial charge in [0.25, 0.3) is 0 Å². The molecule has 2 atom stereocenters. The van der Waals surface area contributed by atoms with Crippen LogP contribution in [0, 0.1) is 6.92 Å². The highest BCUT2D eigenvalue weighted by atomic mass is 79.9. The number of nitrogens with zero attached hydrogens (tertiary/aromatic N) is 1. The summed E-state index contributed by atoms with van der Waals surface area (Å²) in [7, 11) is -4.03. The number of benzene rings is 3. The van der Waals surface area contributed by atoms with E-state index < -0.39 is 28.1 Å². The molecule has 0 saturated carbocycles. The van der Waals surface area contributed by atoms with E-state index >= 15 is 0 Å². The third-order valence-electron chi connectivity index (χ3n) is 5.61. The number of rotatable bonds is 5. The van der Waals surface area contributed by atoms with E-state index in [0.717, 1.165) is 15.6 Å². The zero-order chi connectivity index (χ0) is 22.9. The van der Waals surface area contributed by atoms with Gasteiger partial charge in [0.2, 0.25) is 10.0 Å². The van der Waals surface area contributed by atoms with Gasteiger partial charge in [0, 0.05) is 4.47 Å². The largest absolute Gasteiger partial charge is 0.478 e. The third-order valence-corrected chi connectivity index (χ3v) is 7.99. The molecule has 7 heteroatoms. The fraction of sp³-hybridized carbons (Fsp3) is 0.160. The first-order chi connectivity index (χ1) is 15.3. The van der Waals surface area contributed by atoms with Crippen molar-refractivity contribution in [3.05, 3.63) is 112 Å². The zero-order valence-corrected chi connectivity index (χ0v) is 19.8. The third kappa shape index (κ3) is 4.28. The fourth-order valence-electron chi connectivity index (χ4n) is 4.07. The van der Waals surface area contributed by atoms with E-state index in [0.29, 0.717) is 5.56 Å². The molecule has 3 aromatic rings. The quantitative estimate of drug-likeness (QED) is 0.480. The Bertz CT molecular complexity index is 1270. The summed E-state index contributed by atoms with van der Waals surface area (Å²) in [5.74, 6) is -1.13. The number of hydrogen-bond donors (Lipinski definition) is 1. The van der Waals surface area contributed by atoms with Gasteiger partial charge in [-0.1, -0.05) is 82.2 Å². The first kappa shape index (κ1) is 22.5. The van der Waals surface area contributed by atoms with Gasteiger partial charge in [-0.05, 0) is 48.7 Å². The summed E-state index contributed by atoms with van der Waals surface area (Å²) in [5, 5.41) is 9.99. The Morgan fingerprint density at radius 3 is 2.28 bits per heavy atom. The van der Waals surface area contributed by atoms with Crippen LogP contribution in [0.15, 0.2) is 99.9 Å². The van der Waals surface area contributed by atoms with Gasteiger partial charge in [-0.25, -0.2) is 13.2 Å². The van der Waals surface area contributed by atoms with Crippen molar-refractivity contribution in [2.45, 2.75) is 30.3 Å². The van der Waals surface area contributed by atoms with E-state index in [1.807, 2.05) is 37.3 Å². The van der Waals surface area contributed by atoms with E-state index in [-0.39, 0.29) is 16.9 Å². The topological polar surface area (TPSA) is 74.7 Å². The van der Waals surface area contributed by atoms with E-state index in [4.69, 9.17) is 0 Å². The molecular weight excluding hydrogens is 490 g/mol. The molecule has 1 aliphatic rings. The minimum Gasteiger partial charge on any atom is -0.478 e. The maximum absolute atomic E-state index is 14.0. The van der Waals surface area contributed by atoms with Gasteiger partial charge in [0.1, 0.15) is 0 Å². The predicted octanol–water partition coefficient (Wildman–Crippen LogP) is 5.65. The molecule has 1 aliphatic heterocycles. The molecule has 3 aromatic carbocycles. The molecule has 0 amide bonds. The van der Waals surface area contributed by atoms with Crippen molar-refractivity contribution in [1.29, 1.82) is 0 Å². The maximum Gasteiger partial charge on any atom is 0.333 e. The van der Waals surface area contributed by atoms with Gasteiger partial charge in [0.05, 0.1) is 22.6 Å². The maximum atomic E-state index is 14.0. The van der Waals surface area contributed by atoms with Gasteiger partial charge < -0.3 is 5.11 Å². The lowest BCUT2D eigenvalue weighted by Gasteiger charge is -2.40. The Hall–Kier alpha value is -2.74. The second-order valence-corrected chi connectivity index (χ2v) is 10.5. The number of carboxylic acids is 1. The minimum atomic E-state index is -4.03. The number of carbonyl (C=O) groups is 1. The van der Waals surface area contributed by atoms with E-state index in [2.05, 4.69) is 15.9 Å². The Balaban J connectivity index is 1.97. The van der Waals surface area contributed by atoms with Crippen LogP contribution in [-0.4, -0.2) is 23.8 Å². The molecule has 0 bridgehead atoms. The van der Waals surface area contributed by atoms with Gasteiger partial charge in [-0.2, -0.15) is 4.31 Å². The van der Waals surface area contributed by atoms with E-state index in [1.54, 1.807) is 42.5 Å². The van der Waals surface area contributed by atoms with E-state index in [1.165, 1.54) is 16.4 Å². The number of hydrogen-bond acceptors (Lipinski definition) is 3. The summed E-state index contributed by atoms with van der Waals surface area (Å²) in [5.41, 5.74) is 2.51. The highest BCUT2D eigenvalue weighted by Gasteiger charge is 2.44. The van der Waals surface area contributed by atoms with Crippen LogP contribution < -0.4 is 0 Å². The van der Waals surface area contributed by atoms with Crippen molar-refractivity contribution < 1.29 is 18.3 Å². The highest BCUT2D eigenvalue weighted by Crippen LogP contribution is 2.45. The highest BCUT2D eigenvalue weighted by molar-refractivity contribution is 9.10. The number of aryl methyl sites for hydroxylation is 1. The lowest BCUT2D eigenvalue weighted by Crippen LogP contribution is -2.42. The summed E-state index contributed by atoms with van der Waals surface area (Å²) in [4.78, 5) is 12.3. The lowest BCUT2D eigenvalue weighted by molar-refractivity contribution is -0.133. The van der Waals surface area contributed by atoms with Crippen LogP contribution in [0.5, 0.6) is 0 Å². The van der Waals surface area contributed by atoms with Crippen LogP contribution in [0.3, 0.4) is 0 Å². The molecule has 0 unspecified atom stereocenters. The van der Waals surface area contributed by atoms with Gasteiger partial charge in [-0.15, -0.1) is 0 Å². The lowest BCUT2D eigenvalue weighted by atomic mass is 9.89. The first-order valence-electron chi connectivity index (χ1n) is 10.1. The molecule has 5 nitrogen and oxygen atoms in total. The van der Waals surface area contributed by atoms with Crippen molar-refractivity contribution in [3.63, 3.8) is 0 Å². The molecule has 0 aliphatic carbocycles. The van der Waals surface area contributed by atoms with Gasteiger partial charge >= 0.3 is 5.97 Å². The fourth-order valence-corrected chi connectivity index (χ4v) is 6.29. The average Bonchev–Trinajstić information content (AvgIpc) is 2.79. The van der Waals surface area contributed by atoms with Crippen LogP contribution in [0.2, 0.25) is 0 Å². The summed E-state index contributed by atoms with van der Waals surface area (Å²) >= 11 is 3.43. The molecule has 0 spiro atoms. The SMILES string of the molecule is Cc1ccc([C@@H]2CC=C(C(=O)O)[C@H](c3cccc(Br)c3)N2S(=O)(=O)c2ccccc2)cc1. The summed E-state index contributed by atoms with van der Waals surface area (Å²) < 4.78 is 30.0. The second-order valence-electron chi connectivity index (χ2n) is 7.73. The number of carboxylic acid groups (broad SMARTS) is 1. The van der Waals surface area contributed by atoms with Crippen LogP contribution in [0.4, 0.5) is 0 Å². The molecule has 1 heterocycles.